The van der Waals surface area contributed by atoms with Crippen LogP contribution >= 0.6 is 11.8 Å². The predicted octanol–water partition coefficient (Wildman–Crippen LogP) is 4.19. The number of nitrogens with zero attached hydrogens (tertiary/aromatic N) is 3. The van der Waals surface area contributed by atoms with Gasteiger partial charge in [0.15, 0.2) is 11.0 Å². The molecule has 8 heteroatoms. The molecule has 0 atom stereocenters. The second-order valence-corrected chi connectivity index (χ2v) is 9.76. The van der Waals surface area contributed by atoms with Gasteiger partial charge >= 0.3 is 0 Å². The Hall–Kier alpha value is -3.13. The van der Waals surface area contributed by atoms with E-state index in [0.29, 0.717) is 5.16 Å². The van der Waals surface area contributed by atoms with Gasteiger partial charge in [-0.15, -0.1) is 10.2 Å². The van der Waals surface area contributed by atoms with Crippen LogP contribution in [0, 0.1) is 0 Å². The number of rotatable bonds is 8. The van der Waals surface area contributed by atoms with E-state index < -0.39 is 0 Å². The molecule has 0 aliphatic carbocycles. The summed E-state index contributed by atoms with van der Waals surface area (Å²) in [4.78, 5) is 24.4. The van der Waals surface area contributed by atoms with Gasteiger partial charge in [-0.05, 0) is 29.0 Å². The number of carbonyl (C=O) groups excluding carboxylic acids is 2. The Morgan fingerprint density at radius 3 is 2.36 bits per heavy atom. The van der Waals surface area contributed by atoms with Crippen LogP contribution in [0.4, 0.5) is 5.69 Å². The molecule has 0 aliphatic heterocycles. The molecule has 0 spiro atoms. The van der Waals surface area contributed by atoms with E-state index >= 15 is 0 Å². The maximum absolute atomic E-state index is 12.2. The zero-order valence-corrected chi connectivity index (χ0v) is 20.6. The van der Waals surface area contributed by atoms with Crippen LogP contribution in [0.1, 0.15) is 38.8 Å². The van der Waals surface area contributed by atoms with Crippen molar-refractivity contribution >= 4 is 29.3 Å². The Kier molecular flexibility index (Phi) is 7.92. The second kappa shape index (κ2) is 10.7. The van der Waals surface area contributed by atoms with Crippen LogP contribution in [-0.4, -0.2) is 38.9 Å². The Balaban J connectivity index is 1.51. The van der Waals surface area contributed by atoms with Crippen LogP contribution in [0.2, 0.25) is 0 Å². The molecule has 0 saturated carbocycles. The van der Waals surface area contributed by atoms with Gasteiger partial charge in [0.2, 0.25) is 11.8 Å². The number of hydrogen-bond acceptors (Lipinski definition) is 5. The lowest BCUT2D eigenvalue weighted by Gasteiger charge is -2.19. The molecule has 3 rings (SSSR count). The van der Waals surface area contributed by atoms with Gasteiger partial charge in [-0.3, -0.25) is 9.59 Å². The maximum atomic E-state index is 12.2. The average molecular weight is 466 g/mol. The monoisotopic (exact) mass is 465 g/mol. The lowest BCUT2D eigenvalue weighted by Crippen LogP contribution is -2.34. The number of para-hydroxylation sites is 1. The largest absolute Gasteiger partial charge is 0.346 e. The smallest absolute Gasteiger partial charge is 0.243 e. The number of benzene rings is 2. The summed E-state index contributed by atoms with van der Waals surface area (Å²) >= 11 is 1.29. The van der Waals surface area contributed by atoms with Gasteiger partial charge in [0.1, 0.15) is 0 Å². The first-order valence-electron chi connectivity index (χ1n) is 11.0. The average Bonchev–Trinajstić information content (AvgIpc) is 3.16. The number of thioether (sulfide) groups is 1. The standard InChI is InChI=1S/C25H31N5O2S/c1-6-17-9-7-8-10-20(17)27-21(31)15-26-22(32)16-33-24-29-28-23(30(24)5)18-11-13-19(14-12-18)25(2,3)4/h7-14H,6,15-16H2,1-5H3,(H,26,32)(H,27,31). The van der Waals surface area contributed by atoms with E-state index in [9.17, 15) is 9.59 Å². The summed E-state index contributed by atoms with van der Waals surface area (Å²) in [7, 11) is 1.88. The Morgan fingerprint density at radius 2 is 1.70 bits per heavy atom. The summed E-state index contributed by atoms with van der Waals surface area (Å²) in [5.74, 6) is 0.396. The van der Waals surface area contributed by atoms with Crippen molar-refractivity contribution in [2.75, 3.05) is 17.6 Å². The summed E-state index contributed by atoms with van der Waals surface area (Å²) in [5, 5.41) is 14.7. The molecule has 2 amide bonds. The molecule has 0 fully saturated rings. The van der Waals surface area contributed by atoms with Crippen molar-refractivity contribution in [1.82, 2.24) is 20.1 Å². The quantitative estimate of drug-likeness (QED) is 0.487. The van der Waals surface area contributed by atoms with Crippen molar-refractivity contribution in [2.24, 2.45) is 7.05 Å². The van der Waals surface area contributed by atoms with Crippen molar-refractivity contribution in [1.29, 1.82) is 0 Å². The zero-order valence-electron chi connectivity index (χ0n) is 19.8. The summed E-state index contributed by atoms with van der Waals surface area (Å²) in [6.45, 7) is 8.48. The van der Waals surface area contributed by atoms with Gasteiger partial charge in [0.05, 0.1) is 12.3 Å². The summed E-state index contributed by atoms with van der Waals surface area (Å²) in [6, 6.07) is 15.9. The molecule has 2 N–H and O–H groups in total. The van der Waals surface area contributed by atoms with E-state index in [2.05, 4.69) is 53.7 Å². The molecule has 1 heterocycles. The number of carbonyl (C=O) groups is 2. The first-order chi connectivity index (χ1) is 15.7. The Morgan fingerprint density at radius 1 is 1.00 bits per heavy atom. The lowest BCUT2D eigenvalue weighted by molar-refractivity contribution is -0.122. The van der Waals surface area contributed by atoms with Crippen LogP contribution in [0.5, 0.6) is 0 Å². The fraction of sp³-hybridized carbons (Fsp3) is 0.360. The highest BCUT2D eigenvalue weighted by Crippen LogP contribution is 2.27. The van der Waals surface area contributed by atoms with E-state index in [4.69, 9.17) is 0 Å². The van der Waals surface area contributed by atoms with Crippen LogP contribution in [-0.2, 0) is 28.5 Å². The number of anilines is 1. The second-order valence-electron chi connectivity index (χ2n) is 8.82. The number of aryl methyl sites for hydroxylation is 1. The third kappa shape index (κ3) is 6.44. The van der Waals surface area contributed by atoms with Crippen LogP contribution in [0.25, 0.3) is 11.4 Å². The lowest BCUT2D eigenvalue weighted by atomic mass is 9.87. The Labute approximate surface area is 199 Å². The third-order valence-corrected chi connectivity index (χ3v) is 6.32. The number of nitrogens with one attached hydrogen (secondary N) is 2. The Bertz CT molecular complexity index is 1120. The minimum atomic E-state index is -0.256. The first-order valence-corrected chi connectivity index (χ1v) is 11.9. The van der Waals surface area contributed by atoms with Crippen LogP contribution in [0.3, 0.4) is 0 Å². The van der Waals surface area contributed by atoms with Crippen molar-refractivity contribution < 1.29 is 9.59 Å². The molecule has 7 nitrogen and oxygen atoms in total. The van der Waals surface area contributed by atoms with E-state index in [-0.39, 0.29) is 29.5 Å². The first kappa shape index (κ1) is 24.5. The highest BCUT2D eigenvalue weighted by Gasteiger charge is 2.16. The molecule has 3 aromatic rings. The number of hydrogen-bond donors (Lipinski definition) is 2. The van der Waals surface area contributed by atoms with Gasteiger partial charge in [-0.25, -0.2) is 0 Å². The minimum Gasteiger partial charge on any atom is -0.346 e. The molecule has 1 aromatic heterocycles. The van der Waals surface area contributed by atoms with E-state index in [1.54, 1.807) is 0 Å². The minimum absolute atomic E-state index is 0.0817. The van der Waals surface area contributed by atoms with Gasteiger partial charge in [-0.2, -0.15) is 0 Å². The van der Waals surface area contributed by atoms with E-state index in [1.165, 1.54) is 17.3 Å². The maximum Gasteiger partial charge on any atom is 0.243 e. The topological polar surface area (TPSA) is 88.9 Å². The molecular weight excluding hydrogens is 434 g/mol. The number of aromatic nitrogens is 3. The van der Waals surface area contributed by atoms with Crippen molar-refractivity contribution in [2.45, 2.75) is 44.7 Å². The fourth-order valence-corrected chi connectivity index (χ4v) is 4.06. The molecule has 0 radical (unpaired) electrons. The van der Waals surface area contributed by atoms with Gasteiger partial charge in [0, 0.05) is 18.3 Å². The van der Waals surface area contributed by atoms with E-state index in [0.717, 1.165) is 29.1 Å². The normalized spacial score (nSPS) is 11.3. The van der Waals surface area contributed by atoms with Gasteiger partial charge in [-0.1, -0.05) is 81.9 Å². The van der Waals surface area contributed by atoms with Crippen LogP contribution in [0.15, 0.2) is 53.7 Å². The molecule has 2 aromatic carbocycles. The third-order valence-electron chi connectivity index (χ3n) is 5.29. The SMILES string of the molecule is CCc1ccccc1NC(=O)CNC(=O)CSc1nnc(-c2ccc(C(C)(C)C)cc2)n1C. The highest BCUT2D eigenvalue weighted by atomic mass is 32.2. The molecule has 33 heavy (non-hydrogen) atoms. The molecular formula is C25H31N5O2S. The summed E-state index contributed by atoms with van der Waals surface area (Å²) in [6.07, 6.45) is 0.819. The molecule has 0 saturated heterocycles. The van der Waals surface area contributed by atoms with Gasteiger partial charge in [0.25, 0.3) is 0 Å². The zero-order chi connectivity index (χ0) is 24.0. The summed E-state index contributed by atoms with van der Waals surface area (Å²) in [5.41, 5.74) is 4.14. The van der Waals surface area contributed by atoms with Crippen molar-refractivity contribution in [3.8, 4) is 11.4 Å². The van der Waals surface area contributed by atoms with Crippen molar-refractivity contribution in [3.05, 3.63) is 59.7 Å². The molecule has 0 bridgehead atoms. The van der Waals surface area contributed by atoms with E-state index in [1.807, 2.05) is 54.9 Å². The molecule has 174 valence electrons. The van der Waals surface area contributed by atoms with Gasteiger partial charge < -0.3 is 15.2 Å². The molecule has 0 unspecified atom stereocenters. The molecule has 0 aliphatic rings. The van der Waals surface area contributed by atoms with Crippen molar-refractivity contribution in [3.63, 3.8) is 0 Å². The predicted molar refractivity (Wildman–Crippen MR) is 133 cm³/mol. The highest BCUT2D eigenvalue weighted by molar-refractivity contribution is 7.99. The summed E-state index contributed by atoms with van der Waals surface area (Å²) < 4.78 is 1.87. The van der Waals surface area contributed by atoms with Crippen LogP contribution < -0.4 is 10.6 Å². The fourth-order valence-electron chi connectivity index (χ4n) is 3.32. The number of amides is 2.